The number of hydrogen-bond acceptors (Lipinski definition) is 3. The van der Waals surface area contributed by atoms with Crippen molar-refractivity contribution in [2.24, 2.45) is 5.92 Å². The van der Waals surface area contributed by atoms with Crippen LogP contribution in [0.2, 0.25) is 0 Å². The van der Waals surface area contributed by atoms with E-state index in [2.05, 4.69) is 29.7 Å². The lowest BCUT2D eigenvalue weighted by Gasteiger charge is -2.27. The predicted molar refractivity (Wildman–Crippen MR) is 92.3 cm³/mol. The van der Waals surface area contributed by atoms with Crippen LogP contribution in [0.15, 0.2) is 24.3 Å². The number of nitrogens with one attached hydrogen (secondary N) is 2. The van der Waals surface area contributed by atoms with Gasteiger partial charge in [0, 0.05) is 17.6 Å². The van der Waals surface area contributed by atoms with Crippen LogP contribution in [-0.2, 0) is 16.1 Å². The Morgan fingerprint density at radius 2 is 1.96 bits per heavy atom. The van der Waals surface area contributed by atoms with E-state index in [0.717, 1.165) is 25.1 Å². The summed E-state index contributed by atoms with van der Waals surface area (Å²) in [5, 5.41) is 6.43. The summed E-state index contributed by atoms with van der Waals surface area (Å²) in [6.07, 6.45) is 7.26. The summed E-state index contributed by atoms with van der Waals surface area (Å²) in [7, 11) is 0. The summed E-state index contributed by atoms with van der Waals surface area (Å²) in [5.74, 6) is 0.268. The molecule has 1 aliphatic carbocycles. The van der Waals surface area contributed by atoms with Gasteiger partial charge in [-0.2, -0.15) is 0 Å². The molecule has 2 fully saturated rings. The van der Waals surface area contributed by atoms with E-state index in [1.165, 1.54) is 31.2 Å². The van der Waals surface area contributed by atoms with Crippen molar-refractivity contribution in [3.8, 4) is 0 Å². The number of hydrogen-bond donors (Lipinski definition) is 2. The highest BCUT2D eigenvalue weighted by Crippen LogP contribution is 2.23. The Labute approximate surface area is 139 Å². The zero-order valence-corrected chi connectivity index (χ0v) is 14.0. The van der Waals surface area contributed by atoms with E-state index >= 15 is 0 Å². The fourth-order valence-electron chi connectivity index (χ4n) is 3.57. The maximum absolute atomic E-state index is 12.3. The van der Waals surface area contributed by atoms with Crippen LogP contribution in [0.1, 0.15) is 51.0 Å². The molecule has 1 aliphatic heterocycles. The molecule has 0 bridgehead atoms. The largest absolute Gasteiger partial charge is 0.374 e. The van der Waals surface area contributed by atoms with Crippen molar-refractivity contribution < 1.29 is 9.53 Å². The van der Waals surface area contributed by atoms with E-state index in [1.54, 1.807) is 0 Å². The van der Waals surface area contributed by atoms with Gasteiger partial charge in [-0.1, -0.05) is 25.0 Å². The maximum atomic E-state index is 12.3. The Hall–Kier alpha value is -1.39. The van der Waals surface area contributed by atoms with Crippen LogP contribution in [-0.4, -0.2) is 24.6 Å². The predicted octanol–water partition coefficient (Wildman–Crippen LogP) is 3.47. The number of benzene rings is 1. The number of anilines is 1. The zero-order valence-electron chi connectivity index (χ0n) is 14.0. The first-order valence-electron chi connectivity index (χ1n) is 8.95. The first-order valence-corrected chi connectivity index (χ1v) is 8.95. The summed E-state index contributed by atoms with van der Waals surface area (Å²) in [5.41, 5.74) is 2.05. The molecule has 1 saturated heterocycles. The lowest BCUT2D eigenvalue weighted by molar-refractivity contribution is -0.120. The number of rotatable bonds is 5. The number of piperidine rings is 1. The Morgan fingerprint density at radius 1 is 1.22 bits per heavy atom. The smallest absolute Gasteiger partial charge is 0.227 e. The zero-order chi connectivity index (χ0) is 16.1. The van der Waals surface area contributed by atoms with Crippen molar-refractivity contribution in [3.05, 3.63) is 29.8 Å². The van der Waals surface area contributed by atoms with Gasteiger partial charge in [0.1, 0.15) is 0 Å². The topological polar surface area (TPSA) is 50.4 Å². The van der Waals surface area contributed by atoms with Crippen LogP contribution in [0.4, 0.5) is 5.69 Å². The molecule has 1 amide bonds. The second-order valence-corrected chi connectivity index (χ2v) is 6.98. The summed E-state index contributed by atoms with van der Waals surface area (Å²) < 4.78 is 5.92. The molecular formula is C19H28N2O2. The van der Waals surface area contributed by atoms with Crippen LogP contribution in [0.5, 0.6) is 0 Å². The molecule has 126 valence electrons. The molecule has 2 atom stereocenters. The molecule has 0 spiro atoms. The second kappa shape index (κ2) is 7.93. The molecule has 0 radical (unpaired) electrons. The lowest BCUT2D eigenvalue weighted by Crippen LogP contribution is -2.40. The van der Waals surface area contributed by atoms with E-state index in [9.17, 15) is 4.79 Å². The van der Waals surface area contributed by atoms with Gasteiger partial charge in [0.15, 0.2) is 0 Å². The third kappa shape index (κ3) is 4.79. The molecule has 2 N–H and O–H groups in total. The van der Waals surface area contributed by atoms with E-state index in [0.29, 0.717) is 18.8 Å². The van der Waals surface area contributed by atoms with E-state index in [-0.39, 0.29) is 11.8 Å². The van der Waals surface area contributed by atoms with Crippen LogP contribution in [0, 0.1) is 5.92 Å². The van der Waals surface area contributed by atoms with E-state index in [1.807, 2.05) is 12.1 Å². The number of carbonyl (C=O) groups excluding carboxylic acids is 1. The highest BCUT2D eigenvalue weighted by molar-refractivity contribution is 5.92. The van der Waals surface area contributed by atoms with Gasteiger partial charge >= 0.3 is 0 Å². The third-order valence-corrected chi connectivity index (χ3v) is 5.00. The Bertz CT molecular complexity index is 509. The second-order valence-electron chi connectivity index (χ2n) is 6.98. The molecule has 1 aromatic carbocycles. The average molecular weight is 316 g/mol. The van der Waals surface area contributed by atoms with E-state index in [4.69, 9.17) is 4.74 Å². The van der Waals surface area contributed by atoms with Crippen molar-refractivity contribution >= 4 is 11.6 Å². The van der Waals surface area contributed by atoms with Gasteiger partial charge in [-0.3, -0.25) is 4.79 Å². The summed E-state index contributed by atoms with van der Waals surface area (Å²) in [6.45, 7) is 3.74. The quantitative estimate of drug-likeness (QED) is 0.874. The Morgan fingerprint density at radius 3 is 2.65 bits per heavy atom. The highest BCUT2D eigenvalue weighted by Gasteiger charge is 2.24. The van der Waals surface area contributed by atoms with E-state index < -0.39 is 0 Å². The molecule has 0 unspecified atom stereocenters. The minimum Gasteiger partial charge on any atom is -0.374 e. The standard InChI is InChI=1S/C19H28N2O2/c1-14-12-16(10-11-20-14)19(22)21-17-8-6-15(7-9-17)13-23-18-4-2-3-5-18/h6-9,14,16,18,20H,2-5,10-13H2,1H3,(H,21,22)/t14-,16-/m0/s1. The molecule has 0 aromatic heterocycles. The molecule has 3 rings (SSSR count). The normalized spacial score (nSPS) is 25.4. The minimum atomic E-state index is 0.122. The van der Waals surface area contributed by atoms with Gasteiger partial charge in [-0.25, -0.2) is 0 Å². The third-order valence-electron chi connectivity index (χ3n) is 5.00. The monoisotopic (exact) mass is 316 g/mol. The maximum Gasteiger partial charge on any atom is 0.227 e. The average Bonchev–Trinajstić information content (AvgIpc) is 3.08. The molecule has 2 aliphatic rings. The van der Waals surface area contributed by atoms with Crippen molar-refractivity contribution in [2.45, 2.75) is 64.2 Å². The summed E-state index contributed by atoms with van der Waals surface area (Å²) >= 11 is 0. The van der Waals surface area contributed by atoms with Crippen molar-refractivity contribution in [1.82, 2.24) is 5.32 Å². The van der Waals surface area contributed by atoms with Crippen molar-refractivity contribution in [2.75, 3.05) is 11.9 Å². The molecule has 4 heteroatoms. The van der Waals surface area contributed by atoms with Gasteiger partial charge in [0.2, 0.25) is 5.91 Å². The van der Waals surface area contributed by atoms with Gasteiger partial charge in [0.25, 0.3) is 0 Å². The number of amides is 1. The van der Waals surface area contributed by atoms with Crippen molar-refractivity contribution in [3.63, 3.8) is 0 Å². The number of ether oxygens (including phenoxy) is 1. The first-order chi connectivity index (χ1) is 11.2. The van der Waals surface area contributed by atoms with Crippen molar-refractivity contribution in [1.29, 1.82) is 0 Å². The van der Waals surface area contributed by atoms with Gasteiger partial charge in [0.05, 0.1) is 12.7 Å². The SMILES string of the molecule is C[C@H]1C[C@@H](C(=O)Nc2ccc(COC3CCCC3)cc2)CCN1. The summed E-state index contributed by atoms with van der Waals surface area (Å²) in [4.78, 5) is 12.3. The summed E-state index contributed by atoms with van der Waals surface area (Å²) in [6, 6.07) is 8.49. The molecular weight excluding hydrogens is 288 g/mol. The Balaban J connectivity index is 1.47. The minimum absolute atomic E-state index is 0.122. The fraction of sp³-hybridized carbons (Fsp3) is 0.632. The van der Waals surface area contributed by atoms with Crippen LogP contribution >= 0.6 is 0 Å². The fourth-order valence-corrected chi connectivity index (χ4v) is 3.57. The van der Waals surface area contributed by atoms with Gasteiger partial charge in [-0.15, -0.1) is 0 Å². The van der Waals surface area contributed by atoms with Gasteiger partial charge in [-0.05, 0) is 56.8 Å². The Kier molecular flexibility index (Phi) is 5.68. The van der Waals surface area contributed by atoms with Crippen LogP contribution < -0.4 is 10.6 Å². The molecule has 1 saturated carbocycles. The molecule has 1 heterocycles. The molecule has 4 nitrogen and oxygen atoms in total. The highest BCUT2D eigenvalue weighted by atomic mass is 16.5. The van der Waals surface area contributed by atoms with Crippen LogP contribution in [0.3, 0.4) is 0 Å². The molecule has 23 heavy (non-hydrogen) atoms. The number of carbonyl (C=O) groups is 1. The lowest BCUT2D eigenvalue weighted by atomic mass is 9.92. The first kappa shape index (κ1) is 16.5. The van der Waals surface area contributed by atoms with Gasteiger partial charge < -0.3 is 15.4 Å². The molecule has 1 aromatic rings. The van der Waals surface area contributed by atoms with Crippen LogP contribution in [0.25, 0.3) is 0 Å².